The number of methoxy groups -OCH3 is 1. The molecule has 0 saturated carbocycles. The van der Waals surface area contributed by atoms with Crippen LogP contribution >= 0.6 is 0 Å². The fourth-order valence-corrected chi connectivity index (χ4v) is 6.19. The molecule has 2 aliphatic rings. The van der Waals surface area contributed by atoms with Gasteiger partial charge in [0, 0.05) is 32.2 Å². The number of amides is 1. The van der Waals surface area contributed by atoms with Gasteiger partial charge in [0.1, 0.15) is 5.75 Å². The van der Waals surface area contributed by atoms with Crippen molar-refractivity contribution < 1.29 is 17.9 Å². The first-order valence-corrected chi connectivity index (χ1v) is 12.0. The molecule has 29 heavy (non-hydrogen) atoms. The minimum atomic E-state index is -2.88. The highest BCUT2D eigenvalue weighted by atomic mass is 32.2. The molecular formula is C22H28N2O4S. The molecule has 2 saturated heterocycles. The van der Waals surface area contributed by atoms with Gasteiger partial charge < -0.3 is 9.64 Å². The molecule has 0 aromatic heterocycles. The molecular weight excluding hydrogens is 388 g/mol. The first-order valence-electron chi connectivity index (χ1n) is 10.2. The van der Waals surface area contributed by atoms with Crippen molar-refractivity contribution in [2.24, 2.45) is 0 Å². The molecule has 2 fully saturated rings. The van der Waals surface area contributed by atoms with E-state index in [2.05, 4.69) is 11.0 Å². The van der Waals surface area contributed by atoms with Crippen LogP contribution in [-0.2, 0) is 14.6 Å². The topological polar surface area (TPSA) is 66.9 Å². The highest BCUT2D eigenvalue weighted by Gasteiger charge is 2.35. The normalized spacial score (nSPS) is 23.2. The lowest BCUT2D eigenvalue weighted by molar-refractivity contribution is -0.134. The maximum absolute atomic E-state index is 13.1. The lowest BCUT2D eigenvalue weighted by Crippen LogP contribution is -2.53. The Balaban J connectivity index is 1.40. The van der Waals surface area contributed by atoms with Crippen molar-refractivity contribution in [1.82, 2.24) is 9.80 Å². The molecule has 0 spiro atoms. The number of hydrogen-bond donors (Lipinski definition) is 0. The van der Waals surface area contributed by atoms with E-state index in [0.29, 0.717) is 25.3 Å². The number of fused-ring (bicyclic) bond motifs is 1. The molecule has 2 aliphatic heterocycles. The summed E-state index contributed by atoms with van der Waals surface area (Å²) in [7, 11) is -1.22. The number of ether oxygens (including phenoxy) is 1. The molecule has 0 unspecified atom stereocenters. The summed E-state index contributed by atoms with van der Waals surface area (Å²) in [6.07, 6.45) is 0.717. The third kappa shape index (κ3) is 4.26. The number of rotatable bonds is 4. The second-order valence-electron chi connectivity index (χ2n) is 8.11. The molecule has 6 nitrogen and oxygen atoms in total. The van der Waals surface area contributed by atoms with Crippen LogP contribution < -0.4 is 4.74 Å². The quantitative estimate of drug-likeness (QED) is 0.765. The van der Waals surface area contributed by atoms with Crippen LogP contribution in [0.25, 0.3) is 10.8 Å². The molecule has 0 N–H and O–H groups in total. The zero-order chi connectivity index (χ0) is 20.6. The lowest BCUT2D eigenvalue weighted by Gasteiger charge is -2.38. The fraction of sp³-hybridized carbons (Fsp3) is 0.500. The number of carbonyl (C=O) groups is 1. The molecule has 2 aromatic carbocycles. The summed E-state index contributed by atoms with van der Waals surface area (Å²) in [5.41, 5.74) is 1.01. The lowest BCUT2D eigenvalue weighted by atomic mass is 9.96. The minimum absolute atomic E-state index is 0.118. The van der Waals surface area contributed by atoms with Gasteiger partial charge in [-0.3, -0.25) is 9.69 Å². The third-order valence-corrected chi connectivity index (χ3v) is 8.04. The van der Waals surface area contributed by atoms with Crippen molar-refractivity contribution in [1.29, 1.82) is 0 Å². The Bertz CT molecular complexity index is 1010. The van der Waals surface area contributed by atoms with Gasteiger partial charge in [0.25, 0.3) is 0 Å². The first-order chi connectivity index (χ1) is 13.9. The van der Waals surface area contributed by atoms with Crippen LogP contribution in [0.15, 0.2) is 36.4 Å². The van der Waals surface area contributed by atoms with Crippen LogP contribution in [0, 0.1) is 0 Å². The average molecular weight is 417 g/mol. The Morgan fingerprint density at radius 1 is 1.07 bits per heavy atom. The van der Waals surface area contributed by atoms with Gasteiger partial charge in [0.2, 0.25) is 5.91 Å². The Hall–Kier alpha value is -2.12. The summed E-state index contributed by atoms with van der Waals surface area (Å²) in [5.74, 6) is 1.31. The van der Waals surface area contributed by atoms with Gasteiger partial charge in [-0.2, -0.15) is 0 Å². The van der Waals surface area contributed by atoms with Crippen molar-refractivity contribution in [3.8, 4) is 5.75 Å². The van der Waals surface area contributed by atoms with Crippen molar-refractivity contribution in [3.63, 3.8) is 0 Å². The largest absolute Gasteiger partial charge is 0.497 e. The van der Waals surface area contributed by atoms with Crippen molar-refractivity contribution in [2.45, 2.75) is 25.3 Å². The van der Waals surface area contributed by atoms with E-state index in [4.69, 9.17) is 4.74 Å². The van der Waals surface area contributed by atoms with E-state index in [0.717, 1.165) is 35.2 Å². The number of sulfone groups is 1. The molecule has 7 heteroatoms. The number of hydrogen-bond acceptors (Lipinski definition) is 5. The first kappa shape index (κ1) is 20.2. The van der Waals surface area contributed by atoms with Crippen LogP contribution in [0.4, 0.5) is 0 Å². The summed E-state index contributed by atoms with van der Waals surface area (Å²) in [4.78, 5) is 17.2. The third-order valence-electron chi connectivity index (χ3n) is 6.29. The minimum Gasteiger partial charge on any atom is -0.497 e. The zero-order valence-electron chi connectivity index (χ0n) is 17.0. The molecule has 0 radical (unpaired) electrons. The van der Waals surface area contributed by atoms with Crippen LogP contribution in [0.5, 0.6) is 5.75 Å². The highest BCUT2D eigenvalue weighted by molar-refractivity contribution is 7.91. The molecule has 156 valence electrons. The zero-order valence-corrected chi connectivity index (χ0v) is 17.8. The fourth-order valence-electron chi connectivity index (χ4n) is 4.43. The van der Waals surface area contributed by atoms with Crippen LogP contribution in [0.2, 0.25) is 0 Å². The van der Waals surface area contributed by atoms with E-state index >= 15 is 0 Å². The molecule has 2 atom stereocenters. The van der Waals surface area contributed by atoms with E-state index in [1.165, 1.54) is 0 Å². The van der Waals surface area contributed by atoms with Crippen LogP contribution in [0.1, 0.15) is 24.8 Å². The maximum atomic E-state index is 13.1. The second kappa shape index (κ2) is 7.95. The Morgan fingerprint density at radius 3 is 2.41 bits per heavy atom. The van der Waals surface area contributed by atoms with Crippen molar-refractivity contribution in [3.05, 3.63) is 42.0 Å². The molecule has 0 bridgehead atoms. The summed E-state index contributed by atoms with van der Waals surface area (Å²) in [5, 5.41) is 2.18. The summed E-state index contributed by atoms with van der Waals surface area (Å²) < 4.78 is 28.7. The van der Waals surface area contributed by atoms with Crippen molar-refractivity contribution >= 4 is 26.5 Å². The summed E-state index contributed by atoms with van der Waals surface area (Å²) in [6.45, 7) is 4.77. The predicted molar refractivity (Wildman–Crippen MR) is 114 cm³/mol. The number of piperazine rings is 1. The Kier molecular flexibility index (Phi) is 5.53. The number of benzene rings is 2. The molecule has 1 amide bonds. The molecule has 0 aliphatic carbocycles. The van der Waals surface area contributed by atoms with Gasteiger partial charge in [-0.25, -0.2) is 8.42 Å². The smallest absolute Gasteiger partial charge is 0.229 e. The van der Waals surface area contributed by atoms with Gasteiger partial charge in [0.05, 0.1) is 24.5 Å². The van der Waals surface area contributed by atoms with E-state index in [1.807, 2.05) is 42.2 Å². The van der Waals surface area contributed by atoms with E-state index in [-0.39, 0.29) is 23.6 Å². The van der Waals surface area contributed by atoms with E-state index in [9.17, 15) is 13.2 Å². The van der Waals surface area contributed by atoms with Crippen LogP contribution in [-0.4, -0.2) is 75.0 Å². The average Bonchev–Trinajstić information content (AvgIpc) is 3.11. The second-order valence-corrected chi connectivity index (χ2v) is 10.3. The van der Waals surface area contributed by atoms with Gasteiger partial charge in [-0.05, 0) is 41.8 Å². The maximum Gasteiger partial charge on any atom is 0.229 e. The molecule has 4 rings (SSSR count). The van der Waals surface area contributed by atoms with Gasteiger partial charge >= 0.3 is 0 Å². The predicted octanol–water partition coefficient (Wildman–Crippen LogP) is 2.28. The highest BCUT2D eigenvalue weighted by Crippen LogP contribution is 2.27. The Morgan fingerprint density at radius 2 is 1.76 bits per heavy atom. The number of carbonyl (C=O) groups excluding carboxylic acids is 1. The molecule has 2 heterocycles. The van der Waals surface area contributed by atoms with Crippen LogP contribution in [0.3, 0.4) is 0 Å². The van der Waals surface area contributed by atoms with E-state index < -0.39 is 9.84 Å². The molecule has 2 aromatic rings. The van der Waals surface area contributed by atoms with E-state index in [1.54, 1.807) is 7.11 Å². The SMILES string of the molecule is COc1ccc2cc([C@H](C)C(=O)N3CCN([C@@H]4CCS(=O)(=O)C4)CC3)ccc2c1. The van der Waals surface area contributed by atoms with Crippen molar-refractivity contribution in [2.75, 3.05) is 44.8 Å². The number of nitrogens with zero attached hydrogens (tertiary/aromatic N) is 2. The Labute approximate surface area is 172 Å². The van der Waals surface area contributed by atoms with Gasteiger partial charge in [-0.1, -0.05) is 24.3 Å². The summed E-state index contributed by atoms with van der Waals surface area (Å²) >= 11 is 0. The standard InChI is InChI=1S/C22H28N2O4S/c1-16(17-3-4-19-14-21(28-2)6-5-18(19)13-17)22(25)24-10-8-23(9-11-24)20-7-12-29(26,27)15-20/h3-6,13-14,16,20H,7-12,15H2,1-2H3/t16-,20+/m0/s1. The van der Waals surface area contributed by atoms with Gasteiger partial charge in [-0.15, -0.1) is 0 Å². The van der Waals surface area contributed by atoms with Gasteiger partial charge in [0.15, 0.2) is 9.84 Å². The summed E-state index contributed by atoms with van der Waals surface area (Å²) in [6, 6.07) is 12.2. The monoisotopic (exact) mass is 416 g/mol.